The Labute approximate surface area is 310 Å². The summed E-state index contributed by atoms with van der Waals surface area (Å²) in [6, 6.07) is 2.68. The third-order valence-electron chi connectivity index (χ3n) is 9.21. The molecule has 2 aliphatic heterocycles. The molecule has 2 amide bonds. The van der Waals surface area contributed by atoms with Gasteiger partial charge in [0.2, 0.25) is 5.60 Å². The Morgan fingerprint density at radius 2 is 1.98 bits per heavy atom. The lowest BCUT2D eigenvalue weighted by Gasteiger charge is -2.38. The predicted molar refractivity (Wildman–Crippen MR) is 198 cm³/mol. The van der Waals surface area contributed by atoms with Crippen molar-refractivity contribution >= 4 is 39.6 Å². The number of oxime groups is 1. The second-order valence-electron chi connectivity index (χ2n) is 13.8. The van der Waals surface area contributed by atoms with Crippen LogP contribution < -0.4 is 15.8 Å². The summed E-state index contributed by atoms with van der Waals surface area (Å²) >= 11 is 0. The number of carboxylic acids is 1. The Bertz CT molecular complexity index is 1880. The Morgan fingerprint density at radius 1 is 1.25 bits per heavy atom. The van der Waals surface area contributed by atoms with Crippen molar-refractivity contribution in [3.63, 3.8) is 0 Å². The predicted octanol–water partition coefficient (Wildman–Crippen LogP) is 4.60. The van der Waals surface area contributed by atoms with Crippen LogP contribution in [0, 0.1) is 12.8 Å². The SMILES string of the molecule is C=C[C@@H]1CCC(C)=C[C@H]1c1c(C)cc(CCCCC)cc1OCOC/C=C1\[C@H](NC(=O)/C(=N\OC(C)(C)C(=O)O)C2=CCC(N)=N2)C(=O)N1S(=O)(=O)O. The minimum atomic E-state index is -5.06. The number of rotatable bonds is 18. The van der Waals surface area contributed by atoms with E-state index in [0.717, 1.165) is 55.2 Å². The number of nitrogens with one attached hydrogen (secondary N) is 1. The Kier molecular flexibility index (Phi) is 13.4. The van der Waals surface area contributed by atoms with E-state index in [9.17, 15) is 32.5 Å². The fourth-order valence-corrected chi connectivity index (χ4v) is 7.04. The highest BCUT2D eigenvalue weighted by Gasteiger charge is 2.50. The van der Waals surface area contributed by atoms with Crippen LogP contribution in [0.5, 0.6) is 5.75 Å². The zero-order chi connectivity index (χ0) is 39.1. The second kappa shape index (κ2) is 17.4. The smallest absolute Gasteiger partial charge is 0.366 e. The van der Waals surface area contributed by atoms with Gasteiger partial charge >= 0.3 is 16.3 Å². The van der Waals surface area contributed by atoms with E-state index < -0.39 is 45.4 Å². The lowest BCUT2D eigenvalue weighted by atomic mass is 9.75. The second-order valence-corrected chi connectivity index (χ2v) is 15.0. The van der Waals surface area contributed by atoms with Crippen LogP contribution >= 0.6 is 0 Å². The molecular weight excluding hydrogens is 706 g/mol. The topological polar surface area (TPSA) is 220 Å². The highest BCUT2D eigenvalue weighted by atomic mass is 32.2. The van der Waals surface area contributed by atoms with Crippen LogP contribution in [0.2, 0.25) is 0 Å². The molecule has 288 valence electrons. The molecular formula is C37H49N5O10S. The van der Waals surface area contributed by atoms with Gasteiger partial charge in [-0.25, -0.2) is 9.79 Å². The summed E-state index contributed by atoms with van der Waals surface area (Å²) in [5.41, 5.74) is 7.61. The third-order valence-corrected chi connectivity index (χ3v) is 10.1. The molecule has 15 nitrogen and oxygen atoms in total. The molecule has 1 aromatic carbocycles. The van der Waals surface area contributed by atoms with Gasteiger partial charge in [-0.2, -0.15) is 12.7 Å². The Morgan fingerprint density at radius 3 is 2.60 bits per heavy atom. The number of hydrogen-bond donors (Lipinski definition) is 4. The van der Waals surface area contributed by atoms with Gasteiger partial charge in [-0.1, -0.05) is 48.7 Å². The number of ether oxygens (including phenoxy) is 2. The molecule has 0 bridgehead atoms. The molecule has 2 heterocycles. The summed E-state index contributed by atoms with van der Waals surface area (Å²) in [4.78, 5) is 46.9. The molecule has 53 heavy (non-hydrogen) atoms. The highest BCUT2D eigenvalue weighted by molar-refractivity contribution is 7.84. The van der Waals surface area contributed by atoms with Crippen molar-refractivity contribution < 1.29 is 46.8 Å². The van der Waals surface area contributed by atoms with Crippen LogP contribution in [0.15, 0.2) is 70.1 Å². The number of aryl methyl sites for hydroxylation is 2. The van der Waals surface area contributed by atoms with Crippen molar-refractivity contribution in [2.45, 2.75) is 97.1 Å². The molecule has 1 saturated heterocycles. The maximum absolute atomic E-state index is 13.4. The van der Waals surface area contributed by atoms with Crippen molar-refractivity contribution in [3.05, 3.63) is 76.7 Å². The van der Waals surface area contributed by atoms with E-state index in [1.165, 1.54) is 31.6 Å². The lowest BCUT2D eigenvalue weighted by Crippen LogP contribution is -2.64. The first kappa shape index (κ1) is 41.0. The van der Waals surface area contributed by atoms with Gasteiger partial charge in [0.15, 0.2) is 18.5 Å². The van der Waals surface area contributed by atoms with E-state index in [0.29, 0.717) is 5.75 Å². The summed E-state index contributed by atoms with van der Waals surface area (Å²) in [5, 5.41) is 15.4. The zero-order valence-electron chi connectivity index (χ0n) is 30.8. The molecule has 5 N–H and O–H groups in total. The monoisotopic (exact) mass is 755 g/mol. The molecule has 16 heteroatoms. The zero-order valence-corrected chi connectivity index (χ0v) is 31.6. The molecule has 0 aromatic heterocycles. The molecule has 0 radical (unpaired) electrons. The van der Waals surface area contributed by atoms with Gasteiger partial charge in [-0.05, 0) is 88.6 Å². The van der Waals surface area contributed by atoms with E-state index >= 15 is 0 Å². The van der Waals surface area contributed by atoms with Crippen LogP contribution in [0.3, 0.4) is 0 Å². The number of aliphatic imine (C=N–C) groups is 1. The average Bonchev–Trinajstić information content (AvgIpc) is 3.51. The average molecular weight is 756 g/mol. The molecule has 3 aliphatic rings. The quantitative estimate of drug-likeness (QED) is 0.0309. The van der Waals surface area contributed by atoms with Gasteiger partial charge in [-0.15, -0.1) is 6.58 Å². The van der Waals surface area contributed by atoms with Crippen LogP contribution in [0.25, 0.3) is 0 Å². The summed E-state index contributed by atoms with van der Waals surface area (Å²) in [5.74, 6) is -2.48. The minimum Gasteiger partial charge on any atom is -0.478 e. The Hall–Kier alpha value is -4.80. The van der Waals surface area contributed by atoms with Crippen LogP contribution in [0.4, 0.5) is 0 Å². The lowest BCUT2D eigenvalue weighted by molar-refractivity contribution is -0.161. The van der Waals surface area contributed by atoms with Gasteiger partial charge in [0.05, 0.1) is 18.0 Å². The molecule has 0 unspecified atom stereocenters. The fourth-order valence-electron chi connectivity index (χ4n) is 6.26. The number of hydrogen-bond acceptors (Lipinski definition) is 11. The summed E-state index contributed by atoms with van der Waals surface area (Å²) < 4.78 is 46.1. The number of carbonyl (C=O) groups is 3. The summed E-state index contributed by atoms with van der Waals surface area (Å²) in [6.07, 6.45) is 13.2. The Balaban J connectivity index is 1.54. The van der Waals surface area contributed by atoms with Crippen molar-refractivity contribution in [2.75, 3.05) is 13.4 Å². The van der Waals surface area contributed by atoms with Crippen LogP contribution in [-0.2, 0) is 40.7 Å². The maximum Gasteiger partial charge on any atom is 0.366 e. The van der Waals surface area contributed by atoms with Gasteiger partial charge < -0.3 is 30.5 Å². The number of amidine groups is 1. The first-order valence-corrected chi connectivity index (χ1v) is 18.9. The van der Waals surface area contributed by atoms with Crippen LogP contribution in [0.1, 0.15) is 88.8 Å². The number of amides is 2. The largest absolute Gasteiger partial charge is 0.478 e. The molecule has 1 aromatic rings. The molecule has 0 spiro atoms. The van der Waals surface area contributed by atoms with Gasteiger partial charge in [0, 0.05) is 17.9 Å². The summed E-state index contributed by atoms with van der Waals surface area (Å²) in [7, 11) is -5.06. The maximum atomic E-state index is 13.4. The van der Waals surface area contributed by atoms with Crippen molar-refractivity contribution in [1.82, 2.24) is 9.62 Å². The number of carbonyl (C=O) groups excluding carboxylic acids is 2. The van der Waals surface area contributed by atoms with Gasteiger partial charge in [-0.3, -0.25) is 14.1 Å². The number of aliphatic carboxylic acids is 1. The number of unbranched alkanes of at least 4 members (excludes halogenated alkanes) is 2. The van der Waals surface area contributed by atoms with Gasteiger partial charge in [0.25, 0.3) is 11.8 Å². The first-order valence-electron chi connectivity index (χ1n) is 17.5. The molecule has 1 fully saturated rings. The standard InChI is InChI=1S/C37H49N5O10S/c1-7-9-10-11-24-19-23(4)31(26-18-22(3)12-13-25(26)8-2)29(20-24)51-21-50-17-16-28-33(35(44)42(28)53(47,48)49)40-34(43)32(27-14-15-30(38)39-27)41-52-37(5,6)36(45)46/h8,14,16,18-20,25-26,33H,2,7,9-13,15,17,21H2,1,3-6H3,(H2,38,39)(H,40,43)(H,45,46)(H,47,48,49)/b28-16+,41-32-/t25-,26-,33+/m1/s1. The highest BCUT2D eigenvalue weighted by Crippen LogP contribution is 2.43. The van der Waals surface area contributed by atoms with E-state index in [1.807, 2.05) is 12.1 Å². The fraction of sp³-hybridized carbons (Fsp3) is 0.486. The van der Waals surface area contributed by atoms with Gasteiger partial charge in [0.1, 0.15) is 11.6 Å². The number of nitrogens with zero attached hydrogens (tertiary/aromatic N) is 3. The van der Waals surface area contributed by atoms with Crippen molar-refractivity contribution in [1.29, 1.82) is 0 Å². The molecule has 1 aliphatic carbocycles. The molecule has 4 rings (SSSR count). The van der Waals surface area contributed by atoms with E-state index in [4.69, 9.17) is 20.0 Å². The number of carboxylic acid groups (broad SMARTS) is 1. The van der Waals surface area contributed by atoms with E-state index in [-0.39, 0.29) is 53.2 Å². The third kappa shape index (κ3) is 10.00. The normalized spacial score (nSPS) is 21.4. The van der Waals surface area contributed by atoms with E-state index in [1.54, 1.807) is 0 Å². The molecule has 0 saturated carbocycles. The number of benzene rings is 1. The number of nitrogens with two attached hydrogens (primary N) is 1. The molecule has 3 atom stereocenters. The number of allylic oxidation sites excluding steroid dienone is 3. The van der Waals surface area contributed by atoms with Crippen molar-refractivity contribution in [2.24, 2.45) is 21.8 Å². The van der Waals surface area contributed by atoms with E-state index in [2.05, 4.69) is 55.0 Å². The van der Waals surface area contributed by atoms with Crippen LogP contribution in [-0.4, -0.2) is 76.8 Å². The van der Waals surface area contributed by atoms with Crippen molar-refractivity contribution in [3.8, 4) is 5.75 Å². The number of β-lactam (4-membered cyclic amide) rings is 1. The minimum absolute atomic E-state index is 0.0482. The first-order chi connectivity index (χ1) is 25.0. The summed E-state index contributed by atoms with van der Waals surface area (Å²) in [6.45, 7) is 12.3.